The molecule has 2 unspecified atom stereocenters. The summed E-state index contributed by atoms with van der Waals surface area (Å²) in [5.41, 5.74) is 0.697. The number of pyridine rings is 1. The van der Waals surface area contributed by atoms with Gasteiger partial charge in [-0.25, -0.2) is 4.98 Å². The van der Waals surface area contributed by atoms with Crippen LogP contribution in [0.1, 0.15) is 36.0 Å². The second kappa shape index (κ2) is 7.58. The van der Waals surface area contributed by atoms with Gasteiger partial charge in [0.1, 0.15) is 5.03 Å². The van der Waals surface area contributed by atoms with Crippen molar-refractivity contribution in [3.8, 4) is 0 Å². The molecule has 2 atom stereocenters. The molecule has 1 amide bonds. The Bertz CT molecular complexity index is 735. The molecule has 5 heteroatoms. The Hall–Kier alpha value is -1.85. The topological polar surface area (TPSA) is 42.4 Å². The van der Waals surface area contributed by atoms with E-state index in [4.69, 9.17) is 4.74 Å². The summed E-state index contributed by atoms with van der Waals surface area (Å²) in [5.74, 6) is 0.0896. The number of benzene rings is 1. The maximum atomic E-state index is 13.3. The van der Waals surface area contributed by atoms with E-state index in [1.807, 2.05) is 47.4 Å². The first-order valence-electron chi connectivity index (χ1n) is 8.93. The number of carbonyl (C=O) groups excluding carboxylic acids is 1. The van der Waals surface area contributed by atoms with E-state index in [0.717, 1.165) is 22.8 Å². The Morgan fingerprint density at radius 3 is 2.84 bits per heavy atom. The van der Waals surface area contributed by atoms with Crippen LogP contribution in [0.3, 0.4) is 0 Å². The van der Waals surface area contributed by atoms with Crippen molar-refractivity contribution in [1.82, 2.24) is 9.88 Å². The summed E-state index contributed by atoms with van der Waals surface area (Å²) in [7, 11) is 0. The van der Waals surface area contributed by atoms with Gasteiger partial charge >= 0.3 is 0 Å². The maximum Gasteiger partial charge on any atom is 0.257 e. The second-order valence-electron chi connectivity index (χ2n) is 6.53. The number of hydrogen-bond donors (Lipinski definition) is 0. The number of ether oxygens (including phenoxy) is 1. The van der Waals surface area contributed by atoms with Crippen molar-refractivity contribution < 1.29 is 9.53 Å². The molecule has 0 N–H and O–H groups in total. The number of amides is 1. The molecule has 2 heterocycles. The van der Waals surface area contributed by atoms with Gasteiger partial charge in [0.15, 0.2) is 0 Å². The van der Waals surface area contributed by atoms with Crippen LogP contribution in [0.15, 0.2) is 58.6 Å². The van der Waals surface area contributed by atoms with Crippen molar-refractivity contribution in [1.29, 1.82) is 0 Å². The number of fused-ring (bicyclic) bond motifs is 1. The highest BCUT2D eigenvalue weighted by molar-refractivity contribution is 7.99. The number of carbonyl (C=O) groups is 1. The van der Waals surface area contributed by atoms with Crippen molar-refractivity contribution in [3.05, 3.63) is 54.2 Å². The summed E-state index contributed by atoms with van der Waals surface area (Å²) in [6.07, 6.45) is 6.43. The normalized spacial score (nSPS) is 23.1. The average molecular weight is 354 g/mol. The Morgan fingerprint density at radius 2 is 1.96 bits per heavy atom. The summed E-state index contributed by atoms with van der Waals surface area (Å²) >= 11 is 1.55. The molecule has 0 bridgehead atoms. The monoisotopic (exact) mass is 354 g/mol. The van der Waals surface area contributed by atoms with E-state index >= 15 is 0 Å². The fourth-order valence-electron chi connectivity index (χ4n) is 3.74. The quantitative estimate of drug-likeness (QED) is 0.835. The molecule has 2 aromatic rings. The van der Waals surface area contributed by atoms with Gasteiger partial charge < -0.3 is 9.64 Å². The van der Waals surface area contributed by atoms with Crippen LogP contribution >= 0.6 is 11.8 Å². The molecule has 0 radical (unpaired) electrons. The van der Waals surface area contributed by atoms with Crippen molar-refractivity contribution in [2.75, 3.05) is 13.2 Å². The van der Waals surface area contributed by atoms with E-state index in [-0.39, 0.29) is 18.1 Å². The molecule has 130 valence electrons. The van der Waals surface area contributed by atoms with E-state index < -0.39 is 0 Å². The van der Waals surface area contributed by atoms with E-state index in [2.05, 4.69) is 4.98 Å². The van der Waals surface area contributed by atoms with Crippen LogP contribution in [-0.4, -0.2) is 41.1 Å². The van der Waals surface area contributed by atoms with E-state index in [0.29, 0.717) is 18.7 Å². The zero-order valence-corrected chi connectivity index (χ0v) is 15.0. The van der Waals surface area contributed by atoms with Crippen molar-refractivity contribution in [2.24, 2.45) is 0 Å². The zero-order valence-electron chi connectivity index (χ0n) is 14.1. The number of aromatic nitrogens is 1. The molecule has 25 heavy (non-hydrogen) atoms. The standard InChI is InChI=1S/C20H22N2O2S/c23-20(22-13-14-24-18-11-5-4-10-17(18)22)16-9-6-12-21-19(16)25-15-7-2-1-3-8-15/h1-3,6-9,12,17-18H,4-5,10-11,13-14H2. The van der Waals surface area contributed by atoms with Gasteiger partial charge in [-0.1, -0.05) is 42.8 Å². The van der Waals surface area contributed by atoms with Gasteiger partial charge in [0.2, 0.25) is 0 Å². The fourth-order valence-corrected chi connectivity index (χ4v) is 4.63. The van der Waals surface area contributed by atoms with Crippen LogP contribution in [0.4, 0.5) is 0 Å². The highest BCUT2D eigenvalue weighted by Crippen LogP contribution is 2.32. The van der Waals surface area contributed by atoms with E-state index in [1.165, 1.54) is 12.8 Å². The minimum Gasteiger partial charge on any atom is -0.374 e. The lowest BCUT2D eigenvalue weighted by Crippen LogP contribution is -2.54. The van der Waals surface area contributed by atoms with Gasteiger partial charge in [-0.2, -0.15) is 0 Å². The zero-order chi connectivity index (χ0) is 17.1. The SMILES string of the molecule is O=C(c1cccnc1Sc1ccccc1)N1CCOC2CCCCC21. The van der Waals surface area contributed by atoms with Crippen LogP contribution in [0.25, 0.3) is 0 Å². The van der Waals surface area contributed by atoms with Gasteiger partial charge in [0, 0.05) is 17.6 Å². The molecule has 1 saturated heterocycles. The third kappa shape index (κ3) is 3.58. The molecule has 1 aromatic carbocycles. The highest BCUT2D eigenvalue weighted by Gasteiger charge is 2.37. The molecule has 2 fully saturated rings. The molecule has 4 nitrogen and oxygen atoms in total. The number of nitrogens with zero attached hydrogens (tertiary/aromatic N) is 2. The largest absolute Gasteiger partial charge is 0.374 e. The Kier molecular flexibility index (Phi) is 5.04. The van der Waals surface area contributed by atoms with Gasteiger partial charge in [-0.15, -0.1) is 0 Å². The lowest BCUT2D eigenvalue weighted by atomic mass is 9.90. The summed E-state index contributed by atoms with van der Waals surface area (Å²) in [5, 5.41) is 0.776. The first kappa shape index (κ1) is 16.6. The Morgan fingerprint density at radius 1 is 1.12 bits per heavy atom. The molecule has 1 aliphatic carbocycles. The molecule has 1 saturated carbocycles. The Labute approximate surface area is 152 Å². The second-order valence-corrected chi connectivity index (χ2v) is 7.59. The number of rotatable bonds is 3. The minimum absolute atomic E-state index is 0.0896. The van der Waals surface area contributed by atoms with Gasteiger partial charge in [0.05, 0.1) is 24.3 Å². The summed E-state index contributed by atoms with van der Waals surface area (Å²) in [4.78, 5) is 20.9. The van der Waals surface area contributed by atoms with Gasteiger partial charge in [0.25, 0.3) is 5.91 Å². The molecule has 0 spiro atoms. The molecule has 4 rings (SSSR count). The number of morpholine rings is 1. The molecule has 1 aromatic heterocycles. The van der Waals surface area contributed by atoms with E-state index in [9.17, 15) is 4.79 Å². The summed E-state index contributed by atoms with van der Waals surface area (Å²) in [6, 6.07) is 14.0. The lowest BCUT2D eigenvalue weighted by molar-refractivity contribution is -0.0753. The molecule has 2 aliphatic rings. The smallest absolute Gasteiger partial charge is 0.257 e. The van der Waals surface area contributed by atoms with Crippen molar-refractivity contribution in [3.63, 3.8) is 0 Å². The van der Waals surface area contributed by atoms with Crippen molar-refractivity contribution >= 4 is 17.7 Å². The predicted molar refractivity (Wildman–Crippen MR) is 97.8 cm³/mol. The van der Waals surface area contributed by atoms with Crippen LogP contribution < -0.4 is 0 Å². The van der Waals surface area contributed by atoms with Crippen LogP contribution in [-0.2, 0) is 4.74 Å². The first-order valence-corrected chi connectivity index (χ1v) is 9.75. The molecule has 1 aliphatic heterocycles. The lowest BCUT2D eigenvalue weighted by Gasteiger charge is -2.43. The van der Waals surface area contributed by atoms with Crippen LogP contribution in [0, 0.1) is 0 Å². The van der Waals surface area contributed by atoms with Gasteiger partial charge in [-0.3, -0.25) is 4.79 Å². The van der Waals surface area contributed by atoms with Crippen LogP contribution in [0.5, 0.6) is 0 Å². The first-order chi connectivity index (χ1) is 12.3. The van der Waals surface area contributed by atoms with Gasteiger partial charge in [-0.05, 0) is 37.1 Å². The minimum atomic E-state index is 0.0896. The number of hydrogen-bond acceptors (Lipinski definition) is 4. The third-order valence-electron chi connectivity index (χ3n) is 4.95. The average Bonchev–Trinajstić information content (AvgIpc) is 2.68. The van der Waals surface area contributed by atoms with Crippen molar-refractivity contribution in [2.45, 2.75) is 47.8 Å². The van der Waals surface area contributed by atoms with Crippen LogP contribution in [0.2, 0.25) is 0 Å². The molecular formula is C20H22N2O2S. The van der Waals surface area contributed by atoms with E-state index in [1.54, 1.807) is 18.0 Å². The highest BCUT2D eigenvalue weighted by atomic mass is 32.2. The summed E-state index contributed by atoms with van der Waals surface area (Å²) < 4.78 is 5.91. The summed E-state index contributed by atoms with van der Waals surface area (Å²) in [6.45, 7) is 1.30. The molecular weight excluding hydrogens is 332 g/mol. The third-order valence-corrected chi connectivity index (χ3v) is 5.98. The fraction of sp³-hybridized carbons (Fsp3) is 0.400. The predicted octanol–water partition coefficient (Wildman–Crippen LogP) is 4.02. The maximum absolute atomic E-state index is 13.3. The Balaban J connectivity index is 1.59.